The van der Waals surface area contributed by atoms with Crippen molar-refractivity contribution in [1.82, 2.24) is 0 Å². The van der Waals surface area contributed by atoms with Crippen LogP contribution in [0.15, 0.2) is 34.8 Å². The normalized spacial score (nSPS) is 14.8. The van der Waals surface area contributed by atoms with Gasteiger partial charge in [-0.3, -0.25) is 4.79 Å². The molecule has 21 heavy (non-hydrogen) atoms. The third kappa shape index (κ3) is 2.81. The van der Waals surface area contributed by atoms with Crippen molar-refractivity contribution in [3.63, 3.8) is 0 Å². The van der Waals surface area contributed by atoms with Gasteiger partial charge in [0.2, 0.25) is 5.91 Å². The summed E-state index contributed by atoms with van der Waals surface area (Å²) in [6.45, 7) is 0. The summed E-state index contributed by atoms with van der Waals surface area (Å²) in [5.41, 5.74) is 9.05. The highest BCUT2D eigenvalue weighted by Gasteiger charge is 2.22. The fraction of sp³-hybridized carbons (Fsp3) is 0.133. The van der Waals surface area contributed by atoms with Crippen molar-refractivity contribution in [3.8, 4) is 0 Å². The molecule has 1 aliphatic heterocycles. The lowest BCUT2D eigenvalue weighted by Gasteiger charge is -2.16. The van der Waals surface area contributed by atoms with E-state index in [1.54, 1.807) is 18.2 Å². The minimum absolute atomic E-state index is 0.0692. The number of fused-ring (bicyclic) bond motifs is 1. The van der Waals surface area contributed by atoms with Crippen molar-refractivity contribution in [3.05, 3.63) is 62.3 Å². The largest absolute Gasteiger partial charge is 0.325 e. The van der Waals surface area contributed by atoms with Crippen LogP contribution in [-0.4, -0.2) is 5.91 Å². The first-order chi connectivity index (χ1) is 9.94. The molecule has 0 fully saturated rings. The second kappa shape index (κ2) is 5.40. The molecule has 1 amide bonds. The Morgan fingerprint density at radius 2 is 2.05 bits per heavy atom. The Hall–Kier alpha value is -1.43. The van der Waals surface area contributed by atoms with E-state index in [1.807, 2.05) is 0 Å². The Kier molecular flexibility index (Phi) is 3.73. The number of nitrogens with one attached hydrogen (secondary N) is 1. The average Bonchev–Trinajstić information content (AvgIpc) is 2.75. The number of hydrogen-bond donors (Lipinski definition) is 2. The van der Waals surface area contributed by atoms with Gasteiger partial charge < -0.3 is 11.1 Å². The first-order valence-corrected chi connectivity index (χ1v) is 7.45. The molecule has 2 aromatic carbocycles. The molecular formula is C15H11BrClFN2O. The van der Waals surface area contributed by atoms with Crippen LogP contribution in [0.4, 0.5) is 10.1 Å². The highest BCUT2D eigenvalue weighted by Crippen LogP contribution is 2.35. The van der Waals surface area contributed by atoms with Crippen molar-refractivity contribution in [1.29, 1.82) is 0 Å². The van der Waals surface area contributed by atoms with E-state index >= 15 is 0 Å². The third-order valence-electron chi connectivity index (χ3n) is 3.43. The molecule has 0 bridgehead atoms. The summed E-state index contributed by atoms with van der Waals surface area (Å²) in [5.74, 6) is -0.441. The lowest BCUT2D eigenvalue weighted by molar-refractivity contribution is -0.115. The molecule has 3 rings (SSSR count). The highest BCUT2D eigenvalue weighted by atomic mass is 79.9. The Bertz CT molecular complexity index is 730. The number of benzene rings is 2. The maximum atomic E-state index is 13.5. The number of hydrogen-bond acceptors (Lipinski definition) is 2. The molecule has 3 nitrogen and oxygen atoms in total. The van der Waals surface area contributed by atoms with Gasteiger partial charge in [-0.25, -0.2) is 4.39 Å². The van der Waals surface area contributed by atoms with Gasteiger partial charge in [0.05, 0.1) is 12.5 Å². The van der Waals surface area contributed by atoms with E-state index < -0.39 is 6.04 Å². The van der Waals surface area contributed by atoms with E-state index in [9.17, 15) is 9.18 Å². The molecule has 3 N–H and O–H groups in total. The fourth-order valence-corrected chi connectivity index (χ4v) is 3.20. The van der Waals surface area contributed by atoms with E-state index in [4.69, 9.17) is 17.3 Å². The number of carbonyl (C=O) groups is 1. The third-order valence-corrected chi connectivity index (χ3v) is 4.21. The van der Waals surface area contributed by atoms with E-state index in [0.29, 0.717) is 32.7 Å². The van der Waals surface area contributed by atoms with Gasteiger partial charge >= 0.3 is 0 Å². The molecule has 0 aromatic heterocycles. The van der Waals surface area contributed by atoms with Gasteiger partial charge in [-0.1, -0.05) is 27.5 Å². The van der Waals surface area contributed by atoms with E-state index in [1.165, 1.54) is 12.1 Å². The molecule has 1 unspecified atom stereocenters. The van der Waals surface area contributed by atoms with Gasteiger partial charge in [0.25, 0.3) is 0 Å². The maximum absolute atomic E-state index is 13.5. The number of carbonyl (C=O) groups excluding carboxylic acids is 1. The number of anilines is 1. The van der Waals surface area contributed by atoms with E-state index in [-0.39, 0.29) is 11.7 Å². The Balaban J connectivity index is 2.04. The van der Waals surface area contributed by atoms with Crippen LogP contribution in [0.1, 0.15) is 22.7 Å². The van der Waals surface area contributed by atoms with Crippen LogP contribution in [0.25, 0.3) is 0 Å². The molecule has 2 aromatic rings. The monoisotopic (exact) mass is 368 g/mol. The van der Waals surface area contributed by atoms with Crippen molar-refractivity contribution < 1.29 is 9.18 Å². The molecule has 1 atom stereocenters. The topological polar surface area (TPSA) is 55.1 Å². The predicted octanol–water partition coefficient (Wildman–Crippen LogP) is 3.78. The van der Waals surface area contributed by atoms with Crippen LogP contribution < -0.4 is 11.1 Å². The smallest absolute Gasteiger partial charge is 0.228 e. The lowest BCUT2D eigenvalue weighted by Crippen LogP contribution is -2.13. The number of nitrogens with two attached hydrogens (primary N) is 1. The summed E-state index contributed by atoms with van der Waals surface area (Å²) in [6, 6.07) is 7.42. The molecule has 0 saturated heterocycles. The molecular weight excluding hydrogens is 359 g/mol. The summed E-state index contributed by atoms with van der Waals surface area (Å²) in [7, 11) is 0. The first-order valence-electron chi connectivity index (χ1n) is 6.28. The first kappa shape index (κ1) is 14.5. The van der Waals surface area contributed by atoms with Gasteiger partial charge in [-0.15, -0.1) is 0 Å². The van der Waals surface area contributed by atoms with Gasteiger partial charge in [0, 0.05) is 15.2 Å². The Morgan fingerprint density at radius 3 is 2.76 bits per heavy atom. The molecule has 1 heterocycles. The van der Waals surface area contributed by atoms with Gasteiger partial charge in [-0.05, 0) is 47.0 Å². The van der Waals surface area contributed by atoms with E-state index in [2.05, 4.69) is 21.2 Å². The second-order valence-corrected chi connectivity index (χ2v) is 6.26. The highest BCUT2D eigenvalue weighted by molar-refractivity contribution is 9.10. The van der Waals surface area contributed by atoms with Crippen LogP contribution in [0.2, 0.25) is 5.02 Å². The fourth-order valence-electron chi connectivity index (χ4n) is 2.44. The number of amides is 1. The zero-order valence-electron chi connectivity index (χ0n) is 10.8. The molecule has 0 saturated carbocycles. The van der Waals surface area contributed by atoms with Crippen LogP contribution in [0.5, 0.6) is 0 Å². The lowest BCUT2D eigenvalue weighted by atomic mass is 9.97. The molecule has 0 radical (unpaired) electrons. The zero-order valence-corrected chi connectivity index (χ0v) is 13.1. The molecule has 0 spiro atoms. The van der Waals surface area contributed by atoms with E-state index in [0.717, 1.165) is 5.56 Å². The molecule has 1 aliphatic rings. The Labute approximate surface area is 134 Å². The van der Waals surface area contributed by atoms with Gasteiger partial charge in [-0.2, -0.15) is 0 Å². The Morgan fingerprint density at radius 1 is 1.29 bits per heavy atom. The molecule has 108 valence electrons. The predicted molar refractivity (Wildman–Crippen MR) is 83.9 cm³/mol. The summed E-state index contributed by atoms with van der Waals surface area (Å²) in [5, 5.41) is 3.18. The van der Waals surface area contributed by atoms with Crippen LogP contribution in [-0.2, 0) is 11.2 Å². The molecule has 6 heteroatoms. The zero-order chi connectivity index (χ0) is 15.1. The minimum atomic E-state index is -0.564. The molecule has 0 aliphatic carbocycles. The van der Waals surface area contributed by atoms with Crippen LogP contribution in [0, 0.1) is 5.82 Å². The summed E-state index contributed by atoms with van der Waals surface area (Å²) >= 11 is 9.49. The van der Waals surface area contributed by atoms with Crippen molar-refractivity contribution >= 4 is 39.1 Å². The van der Waals surface area contributed by atoms with Crippen LogP contribution in [0.3, 0.4) is 0 Å². The minimum Gasteiger partial charge on any atom is -0.325 e. The van der Waals surface area contributed by atoms with Crippen molar-refractivity contribution in [2.45, 2.75) is 12.5 Å². The summed E-state index contributed by atoms with van der Waals surface area (Å²) in [6.07, 6.45) is 0.305. The standard InChI is InChI=1S/C15H11BrClFN2O/c16-9-1-8(2-10(18)5-9)15(19)11-3-7-4-14(21)20-13(7)6-12(11)17/h1-3,5-6,15H,4,19H2,(H,20,21). The maximum Gasteiger partial charge on any atom is 0.228 e. The van der Waals surface area contributed by atoms with Crippen molar-refractivity contribution in [2.24, 2.45) is 5.73 Å². The summed E-state index contributed by atoms with van der Waals surface area (Å²) in [4.78, 5) is 11.4. The van der Waals surface area contributed by atoms with Crippen LogP contribution >= 0.6 is 27.5 Å². The quantitative estimate of drug-likeness (QED) is 0.846. The number of rotatable bonds is 2. The SMILES string of the molecule is NC(c1cc(F)cc(Br)c1)c1cc2c(cc1Cl)NC(=O)C2. The van der Waals surface area contributed by atoms with Crippen molar-refractivity contribution in [2.75, 3.05) is 5.32 Å². The van der Waals surface area contributed by atoms with Gasteiger partial charge in [0.1, 0.15) is 5.82 Å². The number of halogens is 3. The summed E-state index contributed by atoms with van der Waals surface area (Å²) < 4.78 is 14.1. The second-order valence-electron chi connectivity index (χ2n) is 4.94. The average molecular weight is 370 g/mol. The van der Waals surface area contributed by atoms with Gasteiger partial charge in [0.15, 0.2) is 0 Å².